The zero-order chi connectivity index (χ0) is 15.2. The molecule has 0 amide bonds. The fourth-order valence-corrected chi connectivity index (χ4v) is 2.81. The van der Waals surface area contributed by atoms with Crippen molar-refractivity contribution in [3.8, 4) is 0 Å². The molecule has 110 valence electrons. The SMILES string of the molecule is O=C(C=Cc1ccccc1)CCC1C=c2ccccc2=CC1. The summed E-state index contributed by atoms with van der Waals surface area (Å²) in [5, 5.41) is 2.61. The van der Waals surface area contributed by atoms with E-state index in [-0.39, 0.29) is 5.78 Å². The van der Waals surface area contributed by atoms with Crippen LogP contribution < -0.4 is 10.4 Å². The number of benzene rings is 2. The van der Waals surface area contributed by atoms with Crippen molar-refractivity contribution in [3.05, 3.63) is 76.7 Å². The lowest BCUT2D eigenvalue weighted by molar-refractivity contribution is -0.114. The van der Waals surface area contributed by atoms with Gasteiger partial charge in [0, 0.05) is 6.42 Å². The molecule has 0 saturated heterocycles. The van der Waals surface area contributed by atoms with Crippen molar-refractivity contribution < 1.29 is 4.79 Å². The minimum absolute atomic E-state index is 0.205. The number of carbonyl (C=O) groups excluding carboxylic acids is 1. The maximum absolute atomic E-state index is 12.0. The van der Waals surface area contributed by atoms with Crippen molar-refractivity contribution in [1.29, 1.82) is 0 Å². The summed E-state index contributed by atoms with van der Waals surface area (Å²) in [5.41, 5.74) is 1.07. The maximum atomic E-state index is 12.0. The summed E-state index contributed by atoms with van der Waals surface area (Å²) >= 11 is 0. The van der Waals surface area contributed by atoms with Crippen LogP contribution in [0.2, 0.25) is 0 Å². The summed E-state index contributed by atoms with van der Waals surface area (Å²) in [7, 11) is 0. The molecule has 0 fully saturated rings. The van der Waals surface area contributed by atoms with E-state index in [4.69, 9.17) is 0 Å². The van der Waals surface area contributed by atoms with Gasteiger partial charge in [-0.15, -0.1) is 0 Å². The molecule has 1 heteroatoms. The molecular formula is C21H20O. The van der Waals surface area contributed by atoms with Crippen molar-refractivity contribution in [3.63, 3.8) is 0 Å². The molecule has 2 aromatic rings. The molecule has 0 heterocycles. The summed E-state index contributed by atoms with van der Waals surface area (Å²) in [5.74, 6) is 0.681. The first-order chi connectivity index (χ1) is 10.8. The average Bonchev–Trinajstić information content (AvgIpc) is 2.59. The molecule has 0 bridgehead atoms. The summed E-state index contributed by atoms with van der Waals surface area (Å²) in [4.78, 5) is 12.0. The molecule has 0 radical (unpaired) electrons. The molecule has 1 aliphatic rings. The minimum Gasteiger partial charge on any atom is -0.295 e. The Labute approximate surface area is 131 Å². The quantitative estimate of drug-likeness (QED) is 0.771. The largest absolute Gasteiger partial charge is 0.295 e. The standard InChI is InChI=1S/C21H20O/c22-21(14-11-17-6-2-1-3-7-17)15-12-18-10-13-19-8-4-5-9-20(19)16-18/h1-9,11,13-14,16,18H,10,12,15H2. The highest BCUT2D eigenvalue weighted by atomic mass is 16.1. The lowest BCUT2D eigenvalue weighted by Crippen LogP contribution is -2.28. The van der Waals surface area contributed by atoms with Gasteiger partial charge in [-0.05, 0) is 40.8 Å². The van der Waals surface area contributed by atoms with Gasteiger partial charge in [0.25, 0.3) is 0 Å². The Balaban J connectivity index is 1.56. The molecule has 22 heavy (non-hydrogen) atoms. The third-order valence-electron chi connectivity index (χ3n) is 4.07. The normalized spacial score (nSPS) is 16.6. The van der Waals surface area contributed by atoms with Gasteiger partial charge < -0.3 is 0 Å². The second-order valence-corrected chi connectivity index (χ2v) is 5.74. The molecular weight excluding hydrogens is 268 g/mol. The lowest BCUT2D eigenvalue weighted by atomic mass is 9.92. The van der Waals surface area contributed by atoms with E-state index in [2.05, 4.69) is 36.4 Å². The van der Waals surface area contributed by atoms with Crippen LogP contribution in [-0.4, -0.2) is 5.78 Å². The van der Waals surface area contributed by atoms with Crippen molar-refractivity contribution >= 4 is 24.0 Å². The summed E-state index contributed by atoms with van der Waals surface area (Å²) in [6.07, 6.45) is 10.8. The van der Waals surface area contributed by atoms with E-state index in [0.29, 0.717) is 12.3 Å². The van der Waals surface area contributed by atoms with Crippen LogP contribution in [0.1, 0.15) is 24.8 Å². The molecule has 1 aliphatic carbocycles. The van der Waals surface area contributed by atoms with E-state index >= 15 is 0 Å². The summed E-state index contributed by atoms with van der Waals surface area (Å²) in [6, 6.07) is 18.4. The van der Waals surface area contributed by atoms with E-state index in [0.717, 1.165) is 18.4 Å². The third-order valence-corrected chi connectivity index (χ3v) is 4.07. The van der Waals surface area contributed by atoms with Crippen LogP contribution in [0.15, 0.2) is 60.7 Å². The van der Waals surface area contributed by atoms with Crippen LogP contribution >= 0.6 is 0 Å². The Kier molecular flexibility index (Phi) is 4.65. The van der Waals surface area contributed by atoms with Crippen molar-refractivity contribution in [2.24, 2.45) is 5.92 Å². The molecule has 0 saturated carbocycles. The fraction of sp³-hybridized carbons (Fsp3) is 0.190. The first-order valence-electron chi connectivity index (χ1n) is 7.84. The second-order valence-electron chi connectivity index (χ2n) is 5.74. The lowest BCUT2D eigenvalue weighted by Gasteiger charge is -2.12. The Morgan fingerprint density at radius 1 is 1.00 bits per heavy atom. The maximum Gasteiger partial charge on any atom is 0.155 e. The summed E-state index contributed by atoms with van der Waals surface area (Å²) < 4.78 is 0. The first kappa shape index (κ1) is 14.5. The van der Waals surface area contributed by atoms with Crippen molar-refractivity contribution in [1.82, 2.24) is 0 Å². The van der Waals surface area contributed by atoms with Gasteiger partial charge in [-0.25, -0.2) is 0 Å². The van der Waals surface area contributed by atoms with Gasteiger partial charge in [-0.2, -0.15) is 0 Å². The van der Waals surface area contributed by atoms with Crippen LogP contribution in [-0.2, 0) is 4.79 Å². The molecule has 3 rings (SSSR count). The third kappa shape index (κ3) is 3.82. The van der Waals surface area contributed by atoms with E-state index < -0.39 is 0 Å². The highest BCUT2D eigenvalue weighted by molar-refractivity contribution is 5.93. The zero-order valence-corrected chi connectivity index (χ0v) is 12.6. The van der Waals surface area contributed by atoms with Gasteiger partial charge in [0.15, 0.2) is 5.78 Å². The minimum atomic E-state index is 0.205. The van der Waals surface area contributed by atoms with Gasteiger partial charge in [-0.1, -0.05) is 72.8 Å². The van der Waals surface area contributed by atoms with E-state index in [1.165, 1.54) is 10.4 Å². The van der Waals surface area contributed by atoms with Gasteiger partial charge in [0.1, 0.15) is 0 Å². The van der Waals surface area contributed by atoms with E-state index in [1.54, 1.807) is 6.08 Å². The molecule has 1 nitrogen and oxygen atoms in total. The highest BCUT2D eigenvalue weighted by Gasteiger charge is 2.09. The van der Waals surface area contributed by atoms with Gasteiger partial charge in [-0.3, -0.25) is 4.79 Å². The van der Waals surface area contributed by atoms with Crippen LogP contribution in [0.3, 0.4) is 0 Å². The van der Waals surface area contributed by atoms with E-state index in [1.807, 2.05) is 36.4 Å². The van der Waals surface area contributed by atoms with Crippen LogP contribution in [0.5, 0.6) is 0 Å². The van der Waals surface area contributed by atoms with Crippen LogP contribution in [0.25, 0.3) is 18.2 Å². The molecule has 0 spiro atoms. The average molecular weight is 288 g/mol. The molecule has 0 N–H and O–H groups in total. The van der Waals surface area contributed by atoms with Crippen molar-refractivity contribution in [2.75, 3.05) is 0 Å². The smallest absolute Gasteiger partial charge is 0.155 e. The van der Waals surface area contributed by atoms with Crippen LogP contribution in [0, 0.1) is 5.92 Å². The zero-order valence-electron chi connectivity index (χ0n) is 12.6. The predicted octanol–water partition coefficient (Wildman–Crippen LogP) is 3.33. The van der Waals surface area contributed by atoms with Gasteiger partial charge in [0.2, 0.25) is 0 Å². The van der Waals surface area contributed by atoms with E-state index in [9.17, 15) is 4.79 Å². The fourth-order valence-electron chi connectivity index (χ4n) is 2.81. The Morgan fingerprint density at radius 2 is 1.73 bits per heavy atom. The molecule has 2 aromatic carbocycles. The Bertz CT molecular complexity index is 784. The molecule has 1 atom stereocenters. The number of rotatable bonds is 5. The first-order valence-corrected chi connectivity index (χ1v) is 7.84. The Morgan fingerprint density at radius 3 is 2.55 bits per heavy atom. The van der Waals surface area contributed by atoms with Gasteiger partial charge >= 0.3 is 0 Å². The number of carbonyl (C=O) groups is 1. The summed E-state index contributed by atoms with van der Waals surface area (Å²) in [6.45, 7) is 0. The number of fused-ring (bicyclic) bond motifs is 1. The van der Waals surface area contributed by atoms with Gasteiger partial charge in [0.05, 0.1) is 0 Å². The molecule has 0 aliphatic heterocycles. The second kappa shape index (κ2) is 7.04. The topological polar surface area (TPSA) is 17.1 Å². The highest BCUT2D eigenvalue weighted by Crippen LogP contribution is 2.16. The van der Waals surface area contributed by atoms with Crippen molar-refractivity contribution in [2.45, 2.75) is 19.3 Å². The number of hydrogen-bond acceptors (Lipinski definition) is 1. The monoisotopic (exact) mass is 288 g/mol. The number of allylic oxidation sites excluding steroid dienone is 1. The van der Waals surface area contributed by atoms with Crippen LogP contribution in [0.4, 0.5) is 0 Å². The molecule has 0 aromatic heterocycles. The Hall–Kier alpha value is -2.41. The number of hydrogen-bond donors (Lipinski definition) is 0. The predicted molar refractivity (Wildman–Crippen MR) is 92.4 cm³/mol. The number of ketones is 1. The molecule has 1 unspecified atom stereocenters.